The number of hydroxylamine groups is 1. The first kappa shape index (κ1) is 14.2. The van der Waals surface area contributed by atoms with Crippen molar-refractivity contribution in [1.82, 2.24) is 10.4 Å². The lowest BCUT2D eigenvalue weighted by Gasteiger charge is -2.15. The van der Waals surface area contributed by atoms with Crippen molar-refractivity contribution in [2.75, 3.05) is 20.2 Å². The van der Waals surface area contributed by atoms with E-state index < -0.39 is 0 Å². The largest absolute Gasteiger partial charge is 0.459 e. The fraction of sp³-hybridized carbons (Fsp3) is 0.500. The average molecular weight is 254 g/mol. The molecule has 1 N–H and O–H groups in total. The summed E-state index contributed by atoms with van der Waals surface area (Å²) in [4.78, 5) is 29.4. The van der Waals surface area contributed by atoms with Gasteiger partial charge < -0.3 is 9.32 Å². The molecule has 0 unspecified atom stereocenters. The lowest BCUT2D eigenvalue weighted by molar-refractivity contribution is -0.134. The van der Waals surface area contributed by atoms with Gasteiger partial charge in [0.05, 0.1) is 12.9 Å². The molecule has 0 aliphatic heterocycles. The van der Waals surface area contributed by atoms with Crippen LogP contribution in [0.15, 0.2) is 22.8 Å². The molecule has 0 atom stereocenters. The highest BCUT2D eigenvalue weighted by Crippen LogP contribution is 2.03. The summed E-state index contributed by atoms with van der Waals surface area (Å²) >= 11 is 0. The van der Waals surface area contributed by atoms with Crippen molar-refractivity contribution < 1.29 is 18.8 Å². The molecule has 0 bridgehead atoms. The Hall–Kier alpha value is -1.82. The second kappa shape index (κ2) is 6.80. The van der Waals surface area contributed by atoms with Gasteiger partial charge in [0.25, 0.3) is 11.8 Å². The third-order valence-corrected chi connectivity index (χ3v) is 2.06. The third kappa shape index (κ3) is 4.58. The number of amides is 2. The summed E-state index contributed by atoms with van der Waals surface area (Å²) in [5, 5.41) is 0. The van der Waals surface area contributed by atoms with Crippen LogP contribution >= 0.6 is 0 Å². The molecule has 100 valence electrons. The summed E-state index contributed by atoms with van der Waals surface area (Å²) in [5.74, 6) is -0.196. The van der Waals surface area contributed by atoms with Crippen molar-refractivity contribution in [3.63, 3.8) is 0 Å². The van der Waals surface area contributed by atoms with E-state index >= 15 is 0 Å². The number of carbonyl (C=O) groups excluding carboxylic acids is 2. The lowest BCUT2D eigenvalue weighted by Crippen LogP contribution is -2.38. The van der Waals surface area contributed by atoms with Gasteiger partial charge in [0.2, 0.25) is 0 Å². The van der Waals surface area contributed by atoms with E-state index in [1.165, 1.54) is 18.2 Å². The Morgan fingerprint density at radius 3 is 2.78 bits per heavy atom. The van der Waals surface area contributed by atoms with E-state index in [2.05, 4.69) is 5.48 Å². The van der Waals surface area contributed by atoms with E-state index in [9.17, 15) is 9.59 Å². The first-order valence-electron chi connectivity index (χ1n) is 5.70. The standard InChI is InChI=1S/C12H18N2O4/c1-9(2)8-18-13-11(15)7-14(3)12(16)10-5-4-6-17-10/h4-6,9H,7-8H2,1-3H3,(H,13,15). The number of furan rings is 1. The minimum absolute atomic E-state index is 0.0857. The number of hydrogen-bond donors (Lipinski definition) is 1. The second-order valence-corrected chi connectivity index (χ2v) is 4.37. The number of nitrogens with zero attached hydrogens (tertiary/aromatic N) is 1. The maximum absolute atomic E-state index is 11.7. The molecule has 6 heteroatoms. The monoisotopic (exact) mass is 254 g/mol. The molecule has 18 heavy (non-hydrogen) atoms. The van der Waals surface area contributed by atoms with Crippen LogP contribution in [0.5, 0.6) is 0 Å². The van der Waals surface area contributed by atoms with Crippen LogP contribution in [-0.4, -0.2) is 36.9 Å². The molecule has 0 saturated carbocycles. The molecule has 1 aromatic rings. The summed E-state index contributed by atoms with van der Waals surface area (Å²) in [7, 11) is 1.52. The van der Waals surface area contributed by atoms with Crippen LogP contribution in [0.1, 0.15) is 24.4 Å². The first-order valence-corrected chi connectivity index (χ1v) is 5.70. The van der Waals surface area contributed by atoms with Gasteiger partial charge in [-0.2, -0.15) is 0 Å². The van der Waals surface area contributed by atoms with E-state index in [-0.39, 0.29) is 24.1 Å². The maximum Gasteiger partial charge on any atom is 0.289 e. The normalized spacial score (nSPS) is 10.4. The molecule has 6 nitrogen and oxygen atoms in total. The molecule has 1 heterocycles. The first-order chi connectivity index (χ1) is 8.50. The van der Waals surface area contributed by atoms with Gasteiger partial charge in [-0.25, -0.2) is 5.48 Å². The predicted octanol–water partition coefficient (Wildman–Crippen LogP) is 1.06. The van der Waals surface area contributed by atoms with Gasteiger partial charge in [0.15, 0.2) is 5.76 Å². The Labute approximate surface area is 106 Å². The molecule has 0 aliphatic rings. The second-order valence-electron chi connectivity index (χ2n) is 4.37. The van der Waals surface area contributed by atoms with E-state index in [0.717, 1.165) is 0 Å². The molecule has 0 aromatic carbocycles. The zero-order valence-corrected chi connectivity index (χ0v) is 10.8. The zero-order chi connectivity index (χ0) is 13.5. The summed E-state index contributed by atoms with van der Waals surface area (Å²) < 4.78 is 4.96. The molecule has 2 amide bonds. The van der Waals surface area contributed by atoms with Crippen molar-refractivity contribution in [1.29, 1.82) is 0 Å². The van der Waals surface area contributed by atoms with Crippen LogP contribution in [0.3, 0.4) is 0 Å². The molecular formula is C12H18N2O4. The highest BCUT2D eigenvalue weighted by Gasteiger charge is 2.17. The maximum atomic E-state index is 11.7. The van der Waals surface area contributed by atoms with Gasteiger partial charge in [0, 0.05) is 7.05 Å². The van der Waals surface area contributed by atoms with Crippen LogP contribution in [0.4, 0.5) is 0 Å². The SMILES string of the molecule is CC(C)CONC(=O)CN(C)C(=O)c1ccco1. The van der Waals surface area contributed by atoms with Gasteiger partial charge in [-0.05, 0) is 18.1 Å². The van der Waals surface area contributed by atoms with Crippen LogP contribution < -0.4 is 5.48 Å². The minimum Gasteiger partial charge on any atom is -0.459 e. The molecule has 0 saturated heterocycles. The van der Waals surface area contributed by atoms with Gasteiger partial charge in [-0.1, -0.05) is 13.8 Å². The zero-order valence-electron chi connectivity index (χ0n) is 10.8. The topological polar surface area (TPSA) is 71.8 Å². The van der Waals surface area contributed by atoms with Crippen LogP contribution in [0.25, 0.3) is 0 Å². The Bertz CT molecular complexity index is 387. The smallest absolute Gasteiger partial charge is 0.289 e. The van der Waals surface area contributed by atoms with Crippen LogP contribution in [-0.2, 0) is 9.63 Å². The summed E-state index contributed by atoms with van der Waals surface area (Å²) in [6.45, 7) is 4.29. The lowest BCUT2D eigenvalue weighted by atomic mass is 10.2. The van der Waals surface area contributed by atoms with Gasteiger partial charge in [-0.15, -0.1) is 0 Å². The summed E-state index contributed by atoms with van der Waals surface area (Å²) in [5.41, 5.74) is 2.28. The number of carbonyl (C=O) groups is 2. The number of hydrogen-bond acceptors (Lipinski definition) is 4. The number of rotatable bonds is 6. The average Bonchev–Trinajstić information content (AvgIpc) is 2.80. The van der Waals surface area contributed by atoms with E-state index in [1.54, 1.807) is 12.1 Å². The Balaban J connectivity index is 2.33. The van der Waals surface area contributed by atoms with Crippen molar-refractivity contribution in [3.8, 4) is 0 Å². The fourth-order valence-corrected chi connectivity index (χ4v) is 1.20. The van der Waals surface area contributed by atoms with E-state index in [1.807, 2.05) is 13.8 Å². The third-order valence-electron chi connectivity index (χ3n) is 2.06. The Kier molecular flexibility index (Phi) is 5.38. The van der Waals surface area contributed by atoms with Crippen LogP contribution in [0, 0.1) is 5.92 Å². The minimum atomic E-state index is -0.377. The van der Waals surface area contributed by atoms with Gasteiger partial charge in [-0.3, -0.25) is 14.4 Å². The summed E-state index contributed by atoms with van der Waals surface area (Å²) in [6, 6.07) is 3.17. The highest BCUT2D eigenvalue weighted by molar-refractivity contribution is 5.93. The van der Waals surface area contributed by atoms with Gasteiger partial charge >= 0.3 is 0 Å². The van der Waals surface area contributed by atoms with Gasteiger partial charge in [0.1, 0.15) is 6.54 Å². The quantitative estimate of drug-likeness (QED) is 0.770. The van der Waals surface area contributed by atoms with E-state index in [0.29, 0.717) is 12.5 Å². The van der Waals surface area contributed by atoms with Crippen molar-refractivity contribution >= 4 is 11.8 Å². The molecule has 0 radical (unpaired) electrons. The molecule has 1 rings (SSSR count). The van der Waals surface area contributed by atoms with Crippen LogP contribution in [0.2, 0.25) is 0 Å². The molecular weight excluding hydrogens is 236 g/mol. The van der Waals surface area contributed by atoms with E-state index in [4.69, 9.17) is 9.25 Å². The number of nitrogens with one attached hydrogen (secondary N) is 1. The Morgan fingerprint density at radius 1 is 1.50 bits per heavy atom. The molecule has 0 spiro atoms. The molecule has 1 aromatic heterocycles. The van der Waals surface area contributed by atoms with Crippen molar-refractivity contribution in [3.05, 3.63) is 24.2 Å². The number of likely N-dealkylation sites (N-methyl/N-ethyl adjacent to an activating group) is 1. The highest BCUT2D eigenvalue weighted by atomic mass is 16.7. The Morgan fingerprint density at radius 2 is 2.22 bits per heavy atom. The summed E-state index contributed by atoms with van der Waals surface area (Å²) in [6.07, 6.45) is 1.41. The van der Waals surface area contributed by atoms with Crippen molar-refractivity contribution in [2.45, 2.75) is 13.8 Å². The predicted molar refractivity (Wildman–Crippen MR) is 64.6 cm³/mol. The molecule has 0 aliphatic carbocycles. The fourth-order valence-electron chi connectivity index (χ4n) is 1.20. The van der Waals surface area contributed by atoms with Crippen molar-refractivity contribution in [2.24, 2.45) is 5.92 Å². The molecule has 0 fully saturated rings.